The predicted molar refractivity (Wildman–Crippen MR) is 128 cm³/mol. The van der Waals surface area contributed by atoms with Crippen LogP contribution in [0.3, 0.4) is 0 Å². The molecule has 1 heterocycles. The largest absolute Gasteiger partial charge is 0.508 e. The van der Waals surface area contributed by atoms with E-state index in [0.29, 0.717) is 16.8 Å². The number of aliphatic hydroxyl groups excluding tert-OH is 1. The second-order valence-corrected chi connectivity index (χ2v) is 8.16. The first-order chi connectivity index (χ1) is 15.9. The minimum atomic E-state index is -0.834. The summed E-state index contributed by atoms with van der Waals surface area (Å²) in [6.45, 7) is 1.94. The summed E-state index contributed by atoms with van der Waals surface area (Å²) in [5.41, 5.74) is 2.65. The molecule has 1 fully saturated rings. The SMILES string of the molecule is Cc1ccc(N2C(=O)C(=O)/C(=C(\O)c3ccc4ccccc4c3)C2c2ccc(O)cc2)cc1. The van der Waals surface area contributed by atoms with E-state index in [1.807, 2.05) is 49.4 Å². The van der Waals surface area contributed by atoms with Crippen LogP contribution in [0.25, 0.3) is 16.5 Å². The Morgan fingerprint density at radius 2 is 1.48 bits per heavy atom. The molecular weight excluding hydrogens is 414 g/mol. The van der Waals surface area contributed by atoms with Crippen molar-refractivity contribution >= 4 is 33.9 Å². The van der Waals surface area contributed by atoms with Crippen LogP contribution in [-0.4, -0.2) is 21.9 Å². The number of phenols is 1. The van der Waals surface area contributed by atoms with Gasteiger partial charge in [-0.3, -0.25) is 14.5 Å². The monoisotopic (exact) mass is 435 g/mol. The van der Waals surface area contributed by atoms with Gasteiger partial charge < -0.3 is 10.2 Å². The van der Waals surface area contributed by atoms with Crippen molar-refractivity contribution in [2.45, 2.75) is 13.0 Å². The third-order valence-electron chi connectivity index (χ3n) is 5.99. The van der Waals surface area contributed by atoms with Gasteiger partial charge in [-0.15, -0.1) is 0 Å². The van der Waals surface area contributed by atoms with E-state index in [0.717, 1.165) is 16.3 Å². The molecule has 2 N–H and O–H groups in total. The lowest BCUT2D eigenvalue weighted by atomic mass is 9.94. The zero-order valence-corrected chi connectivity index (χ0v) is 17.9. The van der Waals surface area contributed by atoms with Crippen molar-refractivity contribution in [2.75, 3.05) is 4.90 Å². The summed E-state index contributed by atoms with van der Waals surface area (Å²) >= 11 is 0. The molecule has 1 aliphatic rings. The summed E-state index contributed by atoms with van der Waals surface area (Å²) in [4.78, 5) is 27.8. The number of phenolic OH excluding ortho intramolecular Hbond substituents is 1. The molecule has 0 spiro atoms. The molecule has 1 unspecified atom stereocenters. The van der Waals surface area contributed by atoms with Crippen molar-refractivity contribution in [3.05, 3.63) is 113 Å². The molecule has 162 valence electrons. The molecule has 33 heavy (non-hydrogen) atoms. The first-order valence-corrected chi connectivity index (χ1v) is 10.6. The van der Waals surface area contributed by atoms with Crippen molar-refractivity contribution in [3.63, 3.8) is 0 Å². The lowest BCUT2D eigenvalue weighted by Crippen LogP contribution is -2.29. The number of Topliss-reactive ketones (excluding diaryl/α,β-unsaturated/α-hetero) is 1. The van der Waals surface area contributed by atoms with Gasteiger partial charge in [-0.2, -0.15) is 0 Å². The molecule has 0 radical (unpaired) electrons. The van der Waals surface area contributed by atoms with Crippen molar-refractivity contribution in [1.82, 2.24) is 0 Å². The van der Waals surface area contributed by atoms with E-state index < -0.39 is 17.7 Å². The summed E-state index contributed by atoms with van der Waals surface area (Å²) in [7, 11) is 0. The van der Waals surface area contributed by atoms with Crippen molar-refractivity contribution in [3.8, 4) is 5.75 Å². The predicted octanol–water partition coefficient (Wildman–Crippen LogP) is 5.48. The van der Waals surface area contributed by atoms with E-state index in [-0.39, 0.29) is 17.1 Å². The lowest BCUT2D eigenvalue weighted by Gasteiger charge is -2.25. The van der Waals surface area contributed by atoms with E-state index in [9.17, 15) is 19.8 Å². The second kappa shape index (κ2) is 7.95. The van der Waals surface area contributed by atoms with Crippen LogP contribution in [0.2, 0.25) is 0 Å². The van der Waals surface area contributed by atoms with Gasteiger partial charge in [0.1, 0.15) is 11.5 Å². The Hall–Kier alpha value is -4.38. The number of aromatic hydroxyl groups is 1. The topological polar surface area (TPSA) is 77.8 Å². The molecule has 4 aromatic rings. The Morgan fingerprint density at radius 3 is 2.18 bits per heavy atom. The average molecular weight is 435 g/mol. The molecule has 0 aromatic heterocycles. The van der Waals surface area contributed by atoms with Crippen molar-refractivity contribution in [1.29, 1.82) is 0 Å². The number of benzene rings is 4. The van der Waals surface area contributed by atoms with Gasteiger partial charge in [0.2, 0.25) is 0 Å². The Bertz CT molecular complexity index is 1420. The van der Waals surface area contributed by atoms with Crippen LogP contribution < -0.4 is 4.90 Å². The summed E-state index contributed by atoms with van der Waals surface area (Å²) in [5.74, 6) is -1.62. The summed E-state index contributed by atoms with van der Waals surface area (Å²) in [6.07, 6.45) is 0. The molecule has 0 bridgehead atoms. The van der Waals surface area contributed by atoms with Gasteiger partial charge in [0.05, 0.1) is 11.6 Å². The number of ketones is 1. The molecule has 5 rings (SSSR count). The van der Waals surface area contributed by atoms with Crippen LogP contribution >= 0.6 is 0 Å². The average Bonchev–Trinajstić information content (AvgIpc) is 3.10. The zero-order chi connectivity index (χ0) is 23.1. The van der Waals surface area contributed by atoms with E-state index in [1.165, 1.54) is 17.0 Å². The fraction of sp³-hybridized carbons (Fsp3) is 0.0714. The normalized spacial score (nSPS) is 17.6. The number of carbonyl (C=O) groups excluding carboxylic acids is 2. The van der Waals surface area contributed by atoms with Gasteiger partial charge in [0.15, 0.2) is 0 Å². The Balaban J connectivity index is 1.72. The first-order valence-electron chi connectivity index (χ1n) is 10.6. The molecule has 1 atom stereocenters. The highest BCUT2D eigenvalue weighted by Crippen LogP contribution is 2.42. The molecule has 1 saturated heterocycles. The van der Waals surface area contributed by atoms with E-state index in [2.05, 4.69) is 0 Å². The van der Waals surface area contributed by atoms with Gasteiger partial charge >= 0.3 is 0 Å². The smallest absolute Gasteiger partial charge is 0.300 e. The number of hydrogen-bond donors (Lipinski definition) is 2. The number of aryl methyl sites for hydroxylation is 1. The fourth-order valence-electron chi connectivity index (χ4n) is 4.27. The second-order valence-electron chi connectivity index (χ2n) is 8.16. The molecule has 5 heteroatoms. The summed E-state index contributed by atoms with van der Waals surface area (Å²) < 4.78 is 0. The maximum atomic E-state index is 13.2. The maximum Gasteiger partial charge on any atom is 0.300 e. The molecule has 1 amide bonds. The van der Waals surface area contributed by atoms with Crippen LogP contribution in [0.15, 0.2) is 96.6 Å². The van der Waals surface area contributed by atoms with Crippen molar-refractivity contribution in [2.24, 2.45) is 0 Å². The number of aliphatic hydroxyl groups is 1. The fourth-order valence-corrected chi connectivity index (χ4v) is 4.27. The van der Waals surface area contributed by atoms with Crippen molar-refractivity contribution < 1.29 is 19.8 Å². The number of hydrogen-bond acceptors (Lipinski definition) is 4. The Labute approximate surface area is 190 Å². The highest BCUT2D eigenvalue weighted by molar-refractivity contribution is 6.51. The minimum absolute atomic E-state index is 0.0153. The highest BCUT2D eigenvalue weighted by atomic mass is 16.3. The number of anilines is 1. The summed E-state index contributed by atoms with van der Waals surface area (Å²) in [6, 6.07) is 25.9. The Kier molecular flexibility index (Phi) is 4.94. The lowest BCUT2D eigenvalue weighted by molar-refractivity contribution is -0.132. The van der Waals surface area contributed by atoms with Gasteiger partial charge in [0, 0.05) is 11.3 Å². The third-order valence-corrected chi connectivity index (χ3v) is 5.99. The minimum Gasteiger partial charge on any atom is -0.508 e. The number of nitrogens with zero attached hydrogens (tertiary/aromatic N) is 1. The van der Waals surface area contributed by atoms with Crippen LogP contribution in [0.4, 0.5) is 5.69 Å². The molecule has 0 aliphatic carbocycles. The molecule has 5 nitrogen and oxygen atoms in total. The molecule has 0 saturated carbocycles. The summed E-state index contributed by atoms with van der Waals surface area (Å²) in [5, 5.41) is 23.0. The van der Waals surface area contributed by atoms with E-state index in [4.69, 9.17) is 0 Å². The van der Waals surface area contributed by atoms with E-state index >= 15 is 0 Å². The van der Waals surface area contributed by atoms with E-state index in [1.54, 1.807) is 36.4 Å². The first kappa shape index (κ1) is 20.5. The van der Waals surface area contributed by atoms with Gasteiger partial charge in [-0.1, -0.05) is 66.2 Å². The molecule has 4 aromatic carbocycles. The van der Waals surface area contributed by atoms with Gasteiger partial charge in [0.25, 0.3) is 11.7 Å². The van der Waals surface area contributed by atoms with Gasteiger partial charge in [-0.25, -0.2) is 0 Å². The maximum absolute atomic E-state index is 13.2. The number of amides is 1. The quantitative estimate of drug-likeness (QED) is 0.254. The van der Waals surface area contributed by atoms with Crippen LogP contribution in [0.1, 0.15) is 22.7 Å². The zero-order valence-electron chi connectivity index (χ0n) is 17.9. The highest BCUT2D eigenvalue weighted by Gasteiger charge is 2.46. The number of fused-ring (bicyclic) bond motifs is 1. The van der Waals surface area contributed by atoms with Gasteiger partial charge in [-0.05, 0) is 53.6 Å². The van der Waals surface area contributed by atoms with Crippen LogP contribution in [-0.2, 0) is 9.59 Å². The number of rotatable bonds is 3. The van der Waals surface area contributed by atoms with Crippen LogP contribution in [0.5, 0.6) is 5.75 Å². The number of carbonyl (C=O) groups is 2. The van der Waals surface area contributed by atoms with Crippen LogP contribution in [0, 0.1) is 6.92 Å². The third kappa shape index (κ3) is 3.53. The molecular formula is C28H21NO4. The Morgan fingerprint density at radius 1 is 0.818 bits per heavy atom. The molecule has 1 aliphatic heterocycles. The standard InChI is InChI=1S/C28H21NO4/c1-17-6-12-22(13-7-17)29-25(19-10-14-23(30)15-11-19)24(27(32)28(29)33)26(31)21-9-8-18-4-2-3-5-20(18)16-21/h2-16,25,30-31H,1H3/b26-24-.